The van der Waals surface area contributed by atoms with Crippen molar-refractivity contribution < 1.29 is 19.2 Å². The van der Waals surface area contributed by atoms with Crippen LogP contribution in [0, 0.1) is 6.92 Å². The molecule has 1 atom stereocenters. The quantitative estimate of drug-likeness (QED) is 0.460. The molecule has 5 amide bonds. The molecule has 2 aromatic carbocycles. The van der Waals surface area contributed by atoms with Crippen molar-refractivity contribution in [3.8, 4) is 0 Å². The first-order valence-electron chi connectivity index (χ1n) is 11.0. The predicted molar refractivity (Wildman–Crippen MR) is 132 cm³/mol. The van der Waals surface area contributed by atoms with Crippen LogP contribution >= 0.6 is 11.6 Å². The predicted octanol–water partition coefficient (Wildman–Crippen LogP) is 3.43. The molecule has 1 saturated heterocycles. The molecule has 10 heteroatoms. The summed E-state index contributed by atoms with van der Waals surface area (Å²) in [5.74, 6) is -1.57. The van der Waals surface area contributed by atoms with E-state index in [1.54, 1.807) is 42.5 Å². The minimum atomic E-state index is -0.882. The van der Waals surface area contributed by atoms with Crippen LogP contribution < -0.4 is 21.3 Å². The molecule has 1 fully saturated rings. The highest BCUT2D eigenvalue weighted by molar-refractivity contribution is 6.31. The number of nitrogens with zero attached hydrogens (tertiary/aromatic N) is 1. The Morgan fingerprint density at radius 2 is 1.97 bits per heavy atom. The number of halogens is 1. The number of urea groups is 1. The number of aryl methyl sites for hydroxylation is 1. The van der Waals surface area contributed by atoms with Crippen molar-refractivity contribution in [2.45, 2.75) is 32.4 Å². The van der Waals surface area contributed by atoms with Gasteiger partial charge in [-0.3, -0.25) is 19.3 Å². The molecule has 4 rings (SSSR count). The second-order valence-electron chi connectivity index (χ2n) is 8.27. The minimum Gasteiger partial charge on any atom is -0.351 e. The average Bonchev–Trinajstić information content (AvgIpc) is 3.08. The molecule has 2 heterocycles. The number of carbonyl (C=O) groups is 4. The van der Waals surface area contributed by atoms with Crippen LogP contribution in [-0.2, 0) is 20.9 Å². The molecule has 0 radical (unpaired) electrons. The monoisotopic (exact) mass is 493 g/mol. The lowest BCUT2D eigenvalue weighted by atomic mass is 10.0. The minimum absolute atomic E-state index is 0.0541. The van der Waals surface area contributed by atoms with Gasteiger partial charge in [-0.1, -0.05) is 42.4 Å². The molecule has 2 aliphatic rings. The smallest absolute Gasteiger partial charge is 0.319 e. The van der Waals surface area contributed by atoms with Crippen LogP contribution in [0.1, 0.15) is 24.0 Å². The third-order valence-electron chi connectivity index (χ3n) is 5.74. The summed E-state index contributed by atoms with van der Waals surface area (Å²) in [4.78, 5) is 51.1. The van der Waals surface area contributed by atoms with E-state index in [1.807, 2.05) is 6.92 Å². The van der Waals surface area contributed by atoms with Gasteiger partial charge in [0, 0.05) is 34.7 Å². The molecule has 0 saturated carbocycles. The van der Waals surface area contributed by atoms with Gasteiger partial charge in [0.25, 0.3) is 11.8 Å². The van der Waals surface area contributed by atoms with Gasteiger partial charge < -0.3 is 21.3 Å². The Morgan fingerprint density at radius 1 is 1.20 bits per heavy atom. The van der Waals surface area contributed by atoms with Gasteiger partial charge in [-0.2, -0.15) is 0 Å². The zero-order chi connectivity index (χ0) is 25.1. The van der Waals surface area contributed by atoms with Crippen LogP contribution in [0.2, 0.25) is 5.02 Å². The van der Waals surface area contributed by atoms with Crippen molar-refractivity contribution in [2.24, 2.45) is 0 Å². The van der Waals surface area contributed by atoms with Gasteiger partial charge >= 0.3 is 6.03 Å². The van der Waals surface area contributed by atoms with Gasteiger partial charge in [-0.05, 0) is 49.1 Å². The molecule has 2 aliphatic heterocycles. The highest BCUT2D eigenvalue weighted by atomic mass is 35.5. The van der Waals surface area contributed by atoms with Crippen molar-refractivity contribution in [1.29, 1.82) is 0 Å². The van der Waals surface area contributed by atoms with Gasteiger partial charge in [-0.25, -0.2) is 4.79 Å². The fraction of sp³-hybridized carbons (Fsp3) is 0.200. The third-order valence-corrected chi connectivity index (χ3v) is 6.15. The van der Waals surface area contributed by atoms with Gasteiger partial charge in [0.1, 0.15) is 11.7 Å². The standard InChI is InChI=1S/C25H24ClN5O4/c1-14-7-9-17(11-18(14)26)29-25(35)27-13-16-5-3-4-6-19(16)30-20-12-22(32)31(24(20)34)21-10-8-15(2)28-23(21)33/h3-7,9,11-12,21,30H,2,8,10,13H2,1H3,(H,28,33)(H2,27,29,35). The summed E-state index contributed by atoms with van der Waals surface area (Å²) in [6.07, 6.45) is 1.99. The second kappa shape index (κ2) is 10.0. The Morgan fingerprint density at radius 3 is 2.71 bits per heavy atom. The lowest BCUT2D eigenvalue weighted by molar-refractivity contribution is -0.146. The molecule has 35 heavy (non-hydrogen) atoms. The van der Waals surface area contributed by atoms with Crippen molar-refractivity contribution in [3.63, 3.8) is 0 Å². The van der Waals surface area contributed by atoms with E-state index in [-0.39, 0.29) is 12.2 Å². The summed E-state index contributed by atoms with van der Waals surface area (Å²) in [7, 11) is 0. The van der Waals surface area contributed by atoms with Crippen LogP contribution in [0.5, 0.6) is 0 Å². The van der Waals surface area contributed by atoms with Crippen LogP contribution in [-0.4, -0.2) is 34.7 Å². The molecule has 0 bridgehead atoms. The summed E-state index contributed by atoms with van der Waals surface area (Å²) in [6.45, 7) is 5.74. The first kappa shape index (κ1) is 24.0. The molecule has 0 aliphatic carbocycles. The maximum absolute atomic E-state index is 13.0. The number of hydrogen-bond donors (Lipinski definition) is 4. The van der Waals surface area contributed by atoms with Gasteiger partial charge in [0.2, 0.25) is 5.91 Å². The Bertz CT molecular complexity index is 1270. The maximum Gasteiger partial charge on any atom is 0.319 e. The van der Waals surface area contributed by atoms with Crippen molar-refractivity contribution >= 4 is 46.7 Å². The number of benzene rings is 2. The number of anilines is 2. The third kappa shape index (κ3) is 5.36. The van der Waals surface area contributed by atoms with E-state index in [9.17, 15) is 19.2 Å². The largest absolute Gasteiger partial charge is 0.351 e. The van der Waals surface area contributed by atoms with Crippen molar-refractivity contribution in [3.05, 3.63) is 82.7 Å². The van der Waals surface area contributed by atoms with Crippen molar-refractivity contribution in [1.82, 2.24) is 15.5 Å². The first-order chi connectivity index (χ1) is 16.7. The average molecular weight is 494 g/mol. The summed E-state index contributed by atoms with van der Waals surface area (Å²) in [6, 6.07) is 11.0. The number of carbonyl (C=O) groups excluding carboxylic acids is 4. The molecule has 0 aromatic heterocycles. The number of hydrogen-bond acceptors (Lipinski definition) is 5. The fourth-order valence-electron chi connectivity index (χ4n) is 3.84. The van der Waals surface area contributed by atoms with Crippen LogP contribution in [0.25, 0.3) is 0 Å². The van der Waals surface area contributed by atoms with Crippen molar-refractivity contribution in [2.75, 3.05) is 10.6 Å². The molecule has 2 aromatic rings. The Hall–Kier alpha value is -4.11. The van der Waals surface area contributed by atoms with E-state index in [2.05, 4.69) is 27.8 Å². The lowest BCUT2D eigenvalue weighted by Gasteiger charge is -2.29. The highest BCUT2D eigenvalue weighted by Crippen LogP contribution is 2.25. The maximum atomic E-state index is 13.0. The summed E-state index contributed by atoms with van der Waals surface area (Å²) in [5, 5.41) is 11.6. The van der Waals surface area contributed by atoms with Crippen LogP contribution in [0.15, 0.2) is 66.5 Å². The molecule has 4 N–H and O–H groups in total. The van der Waals surface area contributed by atoms with E-state index in [4.69, 9.17) is 11.6 Å². The van der Waals surface area contributed by atoms with E-state index in [1.165, 1.54) is 6.08 Å². The molecule has 9 nitrogen and oxygen atoms in total. The number of allylic oxidation sites excluding steroid dienone is 1. The summed E-state index contributed by atoms with van der Waals surface area (Å²) < 4.78 is 0. The molecule has 0 spiro atoms. The fourth-order valence-corrected chi connectivity index (χ4v) is 4.02. The number of piperidine rings is 1. The highest BCUT2D eigenvalue weighted by Gasteiger charge is 2.41. The molecular formula is C25H24ClN5O4. The lowest BCUT2D eigenvalue weighted by Crippen LogP contribution is -2.52. The number of nitrogens with one attached hydrogen (secondary N) is 4. The summed E-state index contributed by atoms with van der Waals surface area (Å²) >= 11 is 6.10. The Labute approximate surface area is 207 Å². The van der Waals surface area contributed by atoms with Crippen LogP contribution in [0.3, 0.4) is 0 Å². The SMILES string of the molecule is C=C1CCC(N2C(=O)C=C(Nc3ccccc3CNC(=O)Nc3ccc(C)c(Cl)c3)C2=O)C(=O)N1. The Balaban J connectivity index is 1.40. The zero-order valence-corrected chi connectivity index (χ0v) is 19.7. The molecule has 180 valence electrons. The van der Waals surface area contributed by atoms with Gasteiger partial charge in [0.05, 0.1) is 0 Å². The normalized spacial score (nSPS) is 17.7. The second-order valence-corrected chi connectivity index (χ2v) is 8.68. The zero-order valence-electron chi connectivity index (χ0n) is 19.0. The number of amides is 5. The first-order valence-corrected chi connectivity index (χ1v) is 11.3. The van der Waals surface area contributed by atoms with E-state index >= 15 is 0 Å². The topological polar surface area (TPSA) is 120 Å². The van der Waals surface area contributed by atoms with Gasteiger partial charge in [-0.15, -0.1) is 0 Å². The summed E-state index contributed by atoms with van der Waals surface area (Å²) in [5.41, 5.74) is 3.31. The Kier molecular flexibility index (Phi) is 6.88. The van der Waals surface area contributed by atoms with E-state index in [0.717, 1.165) is 10.5 Å². The molecule has 1 unspecified atom stereocenters. The number of rotatable bonds is 6. The van der Waals surface area contributed by atoms with Crippen LogP contribution in [0.4, 0.5) is 16.2 Å². The molecular weight excluding hydrogens is 470 g/mol. The van der Waals surface area contributed by atoms with Gasteiger partial charge in [0.15, 0.2) is 0 Å². The number of imide groups is 1. The van der Waals surface area contributed by atoms with E-state index in [0.29, 0.717) is 40.5 Å². The van der Waals surface area contributed by atoms with E-state index < -0.39 is 29.8 Å². The number of para-hydroxylation sites is 1.